The standard InChI is InChI=1S/C12H13FO9/c13-6-4(15)1-3(7(16)9(6)18)11(20)22-12-10(19)8(17)5(2-14)21-12/h1,5,8,10,12,14-19H,2H2/t5-,8-,10-,12?/m0/s1. The van der Waals surface area contributed by atoms with E-state index in [4.69, 9.17) is 9.84 Å². The van der Waals surface area contributed by atoms with Gasteiger partial charge in [0.2, 0.25) is 12.1 Å². The van der Waals surface area contributed by atoms with Crippen molar-refractivity contribution >= 4 is 5.97 Å². The number of ether oxygens (including phenoxy) is 2. The molecule has 1 saturated heterocycles. The highest BCUT2D eigenvalue weighted by Gasteiger charge is 2.45. The third-order valence-corrected chi connectivity index (χ3v) is 3.13. The van der Waals surface area contributed by atoms with Crippen molar-refractivity contribution in [2.45, 2.75) is 24.6 Å². The van der Waals surface area contributed by atoms with Gasteiger partial charge >= 0.3 is 5.97 Å². The average molecular weight is 320 g/mol. The van der Waals surface area contributed by atoms with Crippen molar-refractivity contribution in [3.05, 3.63) is 17.4 Å². The van der Waals surface area contributed by atoms with E-state index < -0.39 is 65.8 Å². The van der Waals surface area contributed by atoms with Gasteiger partial charge in [-0.25, -0.2) is 4.79 Å². The highest BCUT2D eigenvalue weighted by Crippen LogP contribution is 2.38. The first-order valence-electron chi connectivity index (χ1n) is 6.04. The van der Waals surface area contributed by atoms with Gasteiger partial charge in [-0.3, -0.25) is 0 Å². The number of aliphatic hydroxyl groups is 3. The van der Waals surface area contributed by atoms with E-state index in [1.54, 1.807) is 0 Å². The van der Waals surface area contributed by atoms with Crippen LogP contribution in [-0.2, 0) is 9.47 Å². The van der Waals surface area contributed by atoms with Crippen LogP contribution < -0.4 is 0 Å². The van der Waals surface area contributed by atoms with E-state index in [2.05, 4.69) is 4.74 Å². The van der Waals surface area contributed by atoms with Crippen LogP contribution in [0.25, 0.3) is 0 Å². The fraction of sp³-hybridized carbons (Fsp3) is 0.417. The minimum atomic E-state index is -1.66. The Bertz CT molecular complexity index is 590. The lowest BCUT2D eigenvalue weighted by molar-refractivity contribution is -0.139. The van der Waals surface area contributed by atoms with Crippen LogP contribution in [0.5, 0.6) is 17.2 Å². The molecule has 122 valence electrons. The summed E-state index contributed by atoms with van der Waals surface area (Å²) in [6, 6.07) is 0.508. The van der Waals surface area contributed by atoms with Crippen molar-refractivity contribution < 1.29 is 49.3 Å². The largest absolute Gasteiger partial charge is 0.505 e. The molecule has 1 heterocycles. The maximum atomic E-state index is 13.1. The number of phenols is 3. The number of hydrogen-bond acceptors (Lipinski definition) is 9. The number of carbonyl (C=O) groups is 1. The van der Waals surface area contributed by atoms with Gasteiger partial charge in [-0.1, -0.05) is 0 Å². The van der Waals surface area contributed by atoms with Crippen LogP contribution in [0.2, 0.25) is 0 Å². The lowest BCUT2D eigenvalue weighted by Gasteiger charge is -2.16. The summed E-state index contributed by atoms with van der Waals surface area (Å²) in [7, 11) is 0. The van der Waals surface area contributed by atoms with Gasteiger partial charge < -0.3 is 40.1 Å². The highest BCUT2D eigenvalue weighted by molar-refractivity contribution is 5.94. The zero-order valence-electron chi connectivity index (χ0n) is 10.9. The van der Waals surface area contributed by atoms with Gasteiger partial charge in [0, 0.05) is 6.07 Å². The quantitative estimate of drug-likeness (QED) is 0.222. The lowest BCUT2D eigenvalue weighted by Crippen LogP contribution is -2.35. The molecule has 4 atom stereocenters. The van der Waals surface area contributed by atoms with Crippen molar-refractivity contribution in [1.82, 2.24) is 0 Å². The molecule has 1 unspecified atom stereocenters. The molecule has 0 radical (unpaired) electrons. The maximum Gasteiger partial charge on any atom is 0.344 e. The Morgan fingerprint density at radius 1 is 1.23 bits per heavy atom. The number of esters is 1. The van der Waals surface area contributed by atoms with E-state index in [9.17, 15) is 34.7 Å². The van der Waals surface area contributed by atoms with Crippen LogP contribution in [0.15, 0.2) is 6.07 Å². The van der Waals surface area contributed by atoms with Crippen molar-refractivity contribution in [3.63, 3.8) is 0 Å². The van der Waals surface area contributed by atoms with Crippen LogP contribution in [0.4, 0.5) is 4.39 Å². The van der Waals surface area contributed by atoms with E-state index in [1.807, 2.05) is 0 Å². The summed E-state index contributed by atoms with van der Waals surface area (Å²) in [4.78, 5) is 11.8. The number of aromatic hydroxyl groups is 3. The third-order valence-electron chi connectivity index (χ3n) is 3.13. The van der Waals surface area contributed by atoms with Crippen LogP contribution in [0, 0.1) is 5.82 Å². The number of aliphatic hydroxyl groups excluding tert-OH is 3. The number of hydrogen-bond donors (Lipinski definition) is 6. The molecule has 2 rings (SSSR count). The smallest absolute Gasteiger partial charge is 0.344 e. The molecule has 1 aliphatic rings. The van der Waals surface area contributed by atoms with Crippen LogP contribution >= 0.6 is 0 Å². The Kier molecular flexibility index (Phi) is 4.37. The number of halogens is 1. The second kappa shape index (κ2) is 5.93. The van der Waals surface area contributed by atoms with E-state index in [-0.39, 0.29) is 0 Å². The van der Waals surface area contributed by atoms with Crippen LogP contribution in [0.3, 0.4) is 0 Å². The van der Waals surface area contributed by atoms with Crippen molar-refractivity contribution in [2.75, 3.05) is 6.61 Å². The second-order valence-corrected chi connectivity index (χ2v) is 4.57. The molecule has 0 bridgehead atoms. The molecule has 0 aliphatic carbocycles. The van der Waals surface area contributed by atoms with Gasteiger partial charge in [-0.15, -0.1) is 0 Å². The summed E-state index contributed by atoms with van der Waals surface area (Å²) in [6.45, 7) is -0.643. The summed E-state index contributed by atoms with van der Waals surface area (Å²) in [6.07, 6.45) is -6.01. The summed E-state index contributed by atoms with van der Waals surface area (Å²) in [5.41, 5.74) is -0.783. The van der Waals surface area contributed by atoms with Gasteiger partial charge in [0.05, 0.1) is 6.61 Å². The van der Waals surface area contributed by atoms with Gasteiger partial charge in [-0.2, -0.15) is 4.39 Å². The fourth-order valence-corrected chi connectivity index (χ4v) is 1.91. The zero-order valence-corrected chi connectivity index (χ0v) is 10.9. The van der Waals surface area contributed by atoms with Gasteiger partial charge in [0.1, 0.15) is 23.9 Å². The summed E-state index contributed by atoms with van der Waals surface area (Å²) < 4.78 is 22.6. The Morgan fingerprint density at radius 2 is 1.86 bits per heavy atom. The zero-order chi connectivity index (χ0) is 16.6. The minimum absolute atomic E-state index is 0.508. The predicted molar refractivity (Wildman–Crippen MR) is 64.6 cm³/mol. The normalized spacial score (nSPS) is 27.8. The van der Waals surface area contributed by atoms with E-state index in [0.717, 1.165) is 0 Å². The average Bonchev–Trinajstić information content (AvgIpc) is 2.76. The second-order valence-electron chi connectivity index (χ2n) is 4.57. The van der Waals surface area contributed by atoms with E-state index >= 15 is 0 Å². The molecular formula is C12H13FO9. The molecule has 0 aromatic heterocycles. The van der Waals surface area contributed by atoms with Gasteiger partial charge in [-0.05, 0) is 0 Å². The first-order chi connectivity index (χ1) is 10.3. The van der Waals surface area contributed by atoms with Crippen LogP contribution in [-0.4, -0.2) is 67.8 Å². The molecule has 1 aromatic carbocycles. The van der Waals surface area contributed by atoms with Crippen molar-refractivity contribution in [1.29, 1.82) is 0 Å². The number of rotatable bonds is 3. The monoisotopic (exact) mass is 320 g/mol. The summed E-state index contributed by atoms with van der Waals surface area (Å²) in [5.74, 6) is -6.52. The Hall–Kier alpha value is -2.14. The Balaban J connectivity index is 2.20. The fourth-order valence-electron chi connectivity index (χ4n) is 1.91. The highest BCUT2D eigenvalue weighted by atomic mass is 19.1. The minimum Gasteiger partial charge on any atom is -0.505 e. The first-order valence-corrected chi connectivity index (χ1v) is 6.04. The molecule has 10 heteroatoms. The van der Waals surface area contributed by atoms with Gasteiger partial charge in [0.25, 0.3) is 0 Å². The lowest BCUT2D eigenvalue weighted by atomic mass is 10.1. The molecular weight excluding hydrogens is 307 g/mol. The summed E-state index contributed by atoms with van der Waals surface area (Å²) in [5, 5.41) is 55.8. The Morgan fingerprint density at radius 3 is 2.41 bits per heavy atom. The third kappa shape index (κ3) is 2.64. The van der Waals surface area contributed by atoms with E-state index in [1.165, 1.54) is 0 Å². The van der Waals surface area contributed by atoms with E-state index in [0.29, 0.717) is 6.07 Å². The summed E-state index contributed by atoms with van der Waals surface area (Å²) >= 11 is 0. The molecule has 0 amide bonds. The molecule has 22 heavy (non-hydrogen) atoms. The number of phenolic OH excluding ortho intramolecular Hbond substituents is 3. The molecule has 0 spiro atoms. The molecule has 1 fully saturated rings. The topological polar surface area (TPSA) is 157 Å². The maximum absolute atomic E-state index is 13.1. The number of carbonyl (C=O) groups excluding carboxylic acids is 1. The Labute approximate surface area is 122 Å². The first kappa shape index (κ1) is 16.2. The predicted octanol–water partition coefficient (Wildman–Crippen LogP) is -1.46. The number of benzene rings is 1. The van der Waals surface area contributed by atoms with Crippen molar-refractivity contribution in [2.24, 2.45) is 0 Å². The van der Waals surface area contributed by atoms with Crippen molar-refractivity contribution in [3.8, 4) is 17.2 Å². The SMILES string of the molecule is O=C(OC1O[C@@H](CO)[C@H](O)[C@@H]1O)c1cc(O)c(F)c(O)c1O. The molecule has 6 N–H and O–H groups in total. The molecule has 9 nitrogen and oxygen atoms in total. The molecule has 1 aliphatic heterocycles. The molecule has 0 saturated carbocycles. The van der Waals surface area contributed by atoms with Crippen LogP contribution in [0.1, 0.15) is 10.4 Å². The van der Waals surface area contributed by atoms with Gasteiger partial charge in [0.15, 0.2) is 17.2 Å². The molecule has 1 aromatic rings.